The normalized spacial score (nSPS) is 11.0. The summed E-state index contributed by atoms with van der Waals surface area (Å²) in [4.78, 5) is 31.5. The summed E-state index contributed by atoms with van der Waals surface area (Å²) in [5.41, 5.74) is 4.83. The summed E-state index contributed by atoms with van der Waals surface area (Å²) >= 11 is 2.71. The van der Waals surface area contributed by atoms with Crippen LogP contribution in [0.4, 0.5) is 5.69 Å². The highest BCUT2D eigenvalue weighted by atomic mass is 32.2. The van der Waals surface area contributed by atoms with E-state index in [-0.39, 0.29) is 17.2 Å². The number of anilines is 1. The van der Waals surface area contributed by atoms with Gasteiger partial charge in [-0.05, 0) is 30.5 Å². The molecule has 0 saturated carbocycles. The smallest absolute Gasteiger partial charge is 0.263 e. The highest BCUT2D eigenvalue weighted by Crippen LogP contribution is 2.32. The summed E-state index contributed by atoms with van der Waals surface area (Å²) < 4.78 is 1.59. The van der Waals surface area contributed by atoms with Gasteiger partial charge in [0, 0.05) is 23.2 Å². The molecule has 7 heteroatoms. The van der Waals surface area contributed by atoms with Crippen molar-refractivity contribution in [2.45, 2.75) is 32.0 Å². The van der Waals surface area contributed by atoms with Crippen molar-refractivity contribution in [2.24, 2.45) is 0 Å². The first-order valence-corrected chi connectivity index (χ1v) is 12.6. The van der Waals surface area contributed by atoms with Gasteiger partial charge in [0.25, 0.3) is 5.56 Å². The van der Waals surface area contributed by atoms with Crippen molar-refractivity contribution in [3.05, 3.63) is 88.0 Å². The lowest BCUT2D eigenvalue weighted by Crippen LogP contribution is -2.23. The third-order valence-corrected chi connectivity index (χ3v) is 7.19. The molecular weight excluding hydrogens is 450 g/mol. The first kappa shape index (κ1) is 23.0. The zero-order valence-corrected chi connectivity index (χ0v) is 20.3. The van der Waals surface area contributed by atoms with Gasteiger partial charge in [0.1, 0.15) is 4.83 Å². The van der Waals surface area contributed by atoms with E-state index in [4.69, 9.17) is 4.98 Å². The molecule has 5 nitrogen and oxygen atoms in total. The Hall–Kier alpha value is -3.16. The number of thiophene rings is 1. The number of hydrogen-bond donors (Lipinski definition) is 1. The van der Waals surface area contributed by atoms with E-state index in [1.54, 1.807) is 10.6 Å². The van der Waals surface area contributed by atoms with Gasteiger partial charge < -0.3 is 5.32 Å². The molecule has 4 aromatic rings. The second-order valence-electron chi connectivity index (χ2n) is 7.64. The van der Waals surface area contributed by atoms with Crippen molar-refractivity contribution in [3.8, 4) is 11.1 Å². The van der Waals surface area contributed by atoms with Gasteiger partial charge in [-0.1, -0.05) is 72.8 Å². The Balaban J connectivity index is 1.63. The third-order valence-electron chi connectivity index (χ3n) is 5.34. The second kappa shape index (κ2) is 10.2. The monoisotopic (exact) mass is 475 g/mol. The predicted molar refractivity (Wildman–Crippen MR) is 139 cm³/mol. The summed E-state index contributed by atoms with van der Waals surface area (Å²) in [6.45, 7) is 8.21. The first-order chi connectivity index (χ1) is 16.0. The third kappa shape index (κ3) is 4.94. The molecule has 168 valence electrons. The topological polar surface area (TPSA) is 64.0 Å². The van der Waals surface area contributed by atoms with E-state index in [0.717, 1.165) is 28.8 Å². The fourth-order valence-corrected chi connectivity index (χ4v) is 5.42. The van der Waals surface area contributed by atoms with Gasteiger partial charge in [-0.3, -0.25) is 14.2 Å². The average molecular weight is 476 g/mol. The number of allylic oxidation sites excluding steroid dienone is 1. The van der Waals surface area contributed by atoms with Crippen LogP contribution >= 0.6 is 23.1 Å². The minimum atomic E-state index is -0.132. The van der Waals surface area contributed by atoms with Crippen molar-refractivity contribution in [1.82, 2.24) is 9.55 Å². The number of nitrogens with zero attached hydrogens (tertiary/aromatic N) is 2. The molecule has 0 radical (unpaired) electrons. The van der Waals surface area contributed by atoms with Gasteiger partial charge in [-0.25, -0.2) is 4.98 Å². The summed E-state index contributed by atoms with van der Waals surface area (Å²) in [6.07, 6.45) is 2.51. The number of hydrogen-bond acceptors (Lipinski definition) is 5. The number of aromatic nitrogens is 2. The molecule has 33 heavy (non-hydrogen) atoms. The summed E-state index contributed by atoms with van der Waals surface area (Å²) in [5, 5.41) is 6.07. The van der Waals surface area contributed by atoms with Crippen LogP contribution in [0, 0.1) is 6.92 Å². The van der Waals surface area contributed by atoms with Gasteiger partial charge in [-0.2, -0.15) is 0 Å². The van der Waals surface area contributed by atoms with E-state index in [2.05, 4.69) is 18.8 Å². The quantitative estimate of drug-likeness (QED) is 0.195. The zero-order valence-electron chi connectivity index (χ0n) is 18.6. The van der Waals surface area contributed by atoms with Crippen molar-refractivity contribution < 1.29 is 4.79 Å². The molecule has 2 aromatic carbocycles. The molecule has 0 atom stereocenters. The number of amides is 1. The number of nitrogens with one attached hydrogen (secondary N) is 1. The van der Waals surface area contributed by atoms with Crippen molar-refractivity contribution in [1.29, 1.82) is 0 Å². The molecule has 0 fully saturated rings. The molecular formula is C26H25N3O2S2. The summed E-state index contributed by atoms with van der Waals surface area (Å²) in [7, 11) is 0. The number of aryl methyl sites for hydroxylation is 2. The number of benzene rings is 2. The Morgan fingerprint density at radius 1 is 1.21 bits per heavy atom. The van der Waals surface area contributed by atoms with E-state index in [1.165, 1.54) is 28.7 Å². The first-order valence-electron chi connectivity index (χ1n) is 10.7. The van der Waals surface area contributed by atoms with Crippen molar-refractivity contribution >= 4 is 44.9 Å². The molecule has 1 amide bonds. The van der Waals surface area contributed by atoms with Gasteiger partial charge in [0.15, 0.2) is 5.16 Å². The number of para-hydroxylation sites is 1. The fourth-order valence-electron chi connectivity index (χ4n) is 3.62. The Kier molecular flexibility index (Phi) is 7.11. The molecule has 4 rings (SSSR count). The number of carbonyl (C=O) groups excluding carboxylic acids is 1. The lowest BCUT2D eigenvalue weighted by Gasteiger charge is -2.12. The lowest BCUT2D eigenvalue weighted by molar-refractivity contribution is -0.113. The Morgan fingerprint density at radius 3 is 2.70 bits per heavy atom. The summed E-state index contributed by atoms with van der Waals surface area (Å²) in [6, 6.07) is 15.9. The van der Waals surface area contributed by atoms with Crippen LogP contribution in [0.25, 0.3) is 21.3 Å². The number of rotatable bonds is 8. The highest BCUT2D eigenvalue weighted by molar-refractivity contribution is 7.99. The number of thioether (sulfide) groups is 1. The number of carbonyl (C=O) groups is 1. The lowest BCUT2D eigenvalue weighted by atomic mass is 10.1. The molecule has 0 unspecified atom stereocenters. The van der Waals surface area contributed by atoms with Crippen LogP contribution in [-0.2, 0) is 17.8 Å². The molecule has 2 aromatic heterocycles. The minimum Gasteiger partial charge on any atom is -0.325 e. The van der Waals surface area contributed by atoms with Gasteiger partial charge in [-0.15, -0.1) is 17.9 Å². The van der Waals surface area contributed by atoms with Crippen molar-refractivity contribution in [3.63, 3.8) is 0 Å². The SMILES string of the molecule is C=CCn1c(SCC(=O)Nc2ccccc2CC)nc2scc(-c3ccc(C)cc3)c2c1=O. The standard InChI is InChI=1S/C26H25N3O2S2/c1-4-14-29-25(31)23-20(19-12-10-17(3)11-13-19)15-32-24(23)28-26(29)33-16-22(30)27-21-9-7-6-8-18(21)5-2/h4,6-13,15H,1,5,14,16H2,2-3H3,(H,27,30). The largest absolute Gasteiger partial charge is 0.325 e. The van der Waals surface area contributed by atoms with E-state index in [0.29, 0.717) is 21.9 Å². The summed E-state index contributed by atoms with van der Waals surface area (Å²) in [5.74, 6) is 0.0236. The molecule has 0 aliphatic carbocycles. The molecule has 0 spiro atoms. The van der Waals surface area contributed by atoms with Crippen LogP contribution in [0.2, 0.25) is 0 Å². The molecule has 1 N–H and O–H groups in total. The van der Waals surface area contributed by atoms with E-state index >= 15 is 0 Å². The van der Waals surface area contributed by atoms with Gasteiger partial charge in [0.2, 0.25) is 5.91 Å². The Bertz CT molecular complexity index is 1370. The van der Waals surface area contributed by atoms with Crippen LogP contribution in [0.3, 0.4) is 0 Å². The van der Waals surface area contributed by atoms with Crippen LogP contribution in [-0.4, -0.2) is 21.2 Å². The molecule has 2 heterocycles. The van der Waals surface area contributed by atoms with Crippen LogP contribution in [0.5, 0.6) is 0 Å². The second-order valence-corrected chi connectivity index (χ2v) is 9.44. The fraction of sp³-hybridized carbons (Fsp3) is 0.192. The highest BCUT2D eigenvalue weighted by Gasteiger charge is 2.18. The van der Waals surface area contributed by atoms with E-state index < -0.39 is 0 Å². The average Bonchev–Trinajstić information content (AvgIpc) is 3.25. The predicted octanol–water partition coefficient (Wildman–Crippen LogP) is 5.91. The van der Waals surface area contributed by atoms with Crippen LogP contribution in [0.1, 0.15) is 18.1 Å². The minimum absolute atomic E-state index is 0.115. The molecule has 0 bridgehead atoms. The van der Waals surface area contributed by atoms with Crippen LogP contribution in [0.15, 0.2) is 76.5 Å². The number of fused-ring (bicyclic) bond motifs is 1. The Labute approximate surface area is 201 Å². The Morgan fingerprint density at radius 2 is 1.97 bits per heavy atom. The molecule has 0 saturated heterocycles. The maximum atomic E-state index is 13.4. The van der Waals surface area contributed by atoms with Gasteiger partial charge in [0.05, 0.1) is 11.1 Å². The van der Waals surface area contributed by atoms with Crippen LogP contribution < -0.4 is 10.9 Å². The van der Waals surface area contributed by atoms with Gasteiger partial charge >= 0.3 is 0 Å². The molecule has 0 aliphatic heterocycles. The van der Waals surface area contributed by atoms with Crippen molar-refractivity contribution in [2.75, 3.05) is 11.1 Å². The maximum Gasteiger partial charge on any atom is 0.263 e. The van der Waals surface area contributed by atoms with E-state index in [1.807, 2.05) is 60.8 Å². The van der Waals surface area contributed by atoms with E-state index in [9.17, 15) is 9.59 Å². The molecule has 0 aliphatic rings. The zero-order chi connectivity index (χ0) is 23.4. The maximum absolute atomic E-state index is 13.4.